The highest BCUT2D eigenvalue weighted by Crippen LogP contribution is 2.13. The molecule has 1 heterocycles. The Balaban J connectivity index is 2.17. The second-order valence-electron chi connectivity index (χ2n) is 3.58. The van der Waals surface area contributed by atoms with E-state index in [0.29, 0.717) is 5.02 Å². The molecule has 2 nitrogen and oxygen atoms in total. The maximum Gasteiger partial charge on any atom is 0.170 e. The van der Waals surface area contributed by atoms with Gasteiger partial charge in [0.15, 0.2) is 11.6 Å². The summed E-state index contributed by atoms with van der Waals surface area (Å²) >= 11 is 5.74. The average Bonchev–Trinajstić information content (AvgIpc) is 2.32. The fourth-order valence-electron chi connectivity index (χ4n) is 1.48. The van der Waals surface area contributed by atoms with Crippen LogP contribution in [0.25, 0.3) is 0 Å². The number of hydrogen-bond donors (Lipinski definition) is 0. The normalized spacial score (nSPS) is 10.2. The maximum atomic E-state index is 13.3. The molecule has 0 radical (unpaired) electrons. The summed E-state index contributed by atoms with van der Waals surface area (Å²) in [5, 5.41) is 0.608. The molecule has 0 aliphatic carbocycles. The summed E-state index contributed by atoms with van der Waals surface area (Å²) in [7, 11) is 0. The van der Waals surface area contributed by atoms with Gasteiger partial charge >= 0.3 is 0 Å². The number of pyridine rings is 1. The van der Waals surface area contributed by atoms with Crippen LogP contribution in [0.1, 0.15) is 15.9 Å². The zero-order chi connectivity index (χ0) is 12.3. The van der Waals surface area contributed by atoms with E-state index in [1.165, 1.54) is 12.3 Å². The number of carbonyl (C=O) groups excluding carboxylic acids is 1. The number of hydrogen-bond acceptors (Lipinski definition) is 2. The van der Waals surface area contributed by atoms with Crippen molar-refractivity contribution < 1.29 is 9.18 Å². The average molecular weight is 250 g/mol. The van der Waals surface area contributed by atoms with E-state index in [2.05, 4.69) is 4.98 Å². The van der Waals surface area contributed by atoms with Crippen LogP contribution in [0, 0.1) is 5.82 Å². The van der Waals surface area contributed by atoms with Gasteiger partial charge in [-0.2, -0.15) is 0 Å². The highest BCUT2D eigenvalue weighted by atomic mass is 35.5. The molecule has 0 atom stereocenters. The van der Waals surface area contributed by atoms with Crippen molar-refractivity contribution in [2.24, 2.45) is 0 Å². The minimum Gasteiger partial charge on any atom is -0.294 e. The number of ketones is 1. The second kappa shape index (κ2) is 5.06. The summed E-state index contributed by atoms with van der Waals surface area (Å²) in [5.41, 5.74) is 0.866. The molecule has 1 aromatic carbocycles. The van der Waals surface area contributed by atoms with E-state index >= 15 is 0 Å². The van der Waals surface area contributed by atoms with Crippen LogP contribution in [0.4, 0.5) is 4.39 Å². The van der Waals surface area contributed by atoms with E-state index in [1.54, 1.807) is 24.3 Å². The van der Waals surface area contributed by atoms with Crippen molar-refractivity contribution in [2.75, 3.05) is 0 Å². The standard InChI is InChI=1S/C13H9ClFNO/c14-10-3-1-9(2-4-10)7-13(17)11-5-6-16-8-12(11)15/h1-6,8H,7H2. The van der Waals surface area contributed by atoms with E-state index in [9.17, 15) is 9.18 Å². The van der Waals surface area contributed by atoms with Crippen molar-refractivity contribution in [1.29, 1.82) is 0 Å². The van der Waals surface area contributed by atoms with Crippen molar-refractivity contribution >= 4 is 17.4 Å². The summed E-state index contributed by atoms with van der Waals surface area (Å²) in [6.07, 6.45) is 2.59. The summed E-state index contributed by atoms with van der Waals surface area (Å²) in [5.74, 6) is -0.862. The van der Waals surface area contributed by atoms with Gasteiger partial charge in [0.1, 0.15) is 0 Å². The van der Waals surface area contributed by atoms with Gasteiger partial charge in [-0.05, 0) is 23.8 Å². The van der Waals surface area contributed by atoms with Gasteiger partial charge in [-0.15, -0.1) is 0 Å². The quantitative estimate of drug-likeness (QED) is 0.782. The number of nitrogens with zero attached hydrogens (tertiary/aromatic N) is 1. The van der Waals surface area contributed by atoms with Crippen molar-refractivity contribution in [3.63, 3.8) is 0 Å². The van der Waals surface area contributed by atoms with Gasteiger partial charge in [-0.1, -0.05) is 23.7 Å². The third-order valence-corrected chi connectivity index (χ3v) is 2.60. The molecule has 0 fully saturated rings. The van der Waals surface area contributed by atoms with E-state index in [0.717, 1.165) is 11.8 Å². The van der Waals surface area contributed by atoms with Crippen molar-refractivity contribution in [3.8, 4) is 0 Å². The number of rotatable bonds is 3. The van der Waals surface area contributed by atoms with Gasteiger partial charge < -0.3 is 0 Å². The Bertz CT molecular complexity index is 539. The Morgan fingerprint density at radius 2 is 1.94 bits per heavy atom. The van der Waals surface area contributed by atoms with E-state index in [4.69, 9.17) is 11.6 Å². The number of carbonyl (C=O) groups is 1. The minimum atomic E-state index is -0.591. The molecule has 1 aromatic heterocycles. The summed E-state index contributed by atoms with van der Waals surface area (Å²) in [6.45, 7) is 0. The van der Waals surface area contributed by atoms with Gasteiger partial charge in [-0.3, -0.25) is 9.78 Å². The molecule has 2 rings (SSSR count). The highest BCUT2D eigenvalue weighted by Gasteiger charge is 2.11. The molecule has 0 saturated carbocycles. The molecule has 86 valence electrons. The first-order valence-electron chi connectivity index (χ1n) is 5.04. The summed E-state index contributed by atoms with van der Waals surface area (Å²) in [4.78, 5) is 15.4. The van der Waals surface area contributed by atoms with E-state index in [-0.39, 0.29) is 17.8 Å². The lowest BCUT2D eigenvalue weighted by atomic mass is 10.0. The summed E-state index contributed by atoms with van der Waals surface area (Å²) in [6, 6.07) is 8.28. The molecule has 0 spiro atoms. The van der Waals surface area contributed by atoms with Crippen LogP contribution in [0.5, 0.6) is 0 Å². The Kier molecular flexibility index (Phi) is 3.49. The molecule has 0 aliphatic heterocycles. The van der Waals surface area contributed by atoms with Crippen LogP contribution in [0.15, 0.2) is 42.7 Å². The minimum absolute atomic E-state index is 0.0648. The first-order chi connectivity index (χ1) is 8.16. The van der Waals surface area contributed by atoms with Crippen molar-refractivity contribution in [3.05, 3.63) is 64.7 Å². The fourth-order valence-corrected chi connectivity index (χ4v) is 1.61. The van der Waals surface area contributed by atoms with Gasteiger partial charge in [0.25, 0.3) is 0 Å². The smallest absolute Gasteiger partial charge is 0.170 e. The predicted molar refractivity (Wildman–Crippen MR) is 63.7 cm³/mol. The van der Waals surface area contributed by atoms with Gasteiger partial charge in [-0.25, -0.2) is 4.39 Å². The monoisotopic (exact) mass is 249 g/mol. The summed E-state index contributed by atoms with van der Waals surface area (Å²) < 4.78 is 13.3. The molecule has 17 heavy (non-hydrogen) atoms. The third kappa shape index (κ3) is 2.88. The number of Topliss-reactive ketones (excluding diaryl/α,β-unsaturated/α-hetero) is 1. The third-order valence-electron chi connectivity index (χ3n) is 2.35. The Morgan fingerprint density at radius 1 is 1.24 bits per heavy atom. The largest absolute Gasteiger partial charge is 0.294 e. The maximum absolute atomic E-state index is 13.3. The SMILES string of the molecule is O=C(Cc1ccc(Cl)cc1)c1ccncc1F. The van der Waals surface area contributed by atoms with Crippen LogP contribution >= 0.6 is 11.6 Å². The lowest BCUT2D eigenvalue weighted by molar-refractivity contribution is 0.0989. The first-order valence-corrected chi connectivity index (χ1v) is 5.42. The van der Waals surface area contributed by atoms with Gasteiger partial charge in [0, 0.05) is 17.6 Å². The number of benzene rings is 1. The molecule has 0 saturated heterocycles. The Morgan fingerprint density at radius 3 is 2.59 bits per heavy atom. The lowest BCUT2D eigenvalue weighted by Crippen LogP contribution is -2.06. The topological polar surface area (TPSA) is 30.0 Å². The first kappa shape index (κ1) is 11.7. The van der Waals surface area contributed by atoms with Crippen LogP contribution in [-0.4, -0.2) is 10.8 Å². The molecule has 2 aromatic rings. The van der Waals surface area contributed by atoms with Crippen LogP contribution < -0.4 is 0 Å². The number of halogens is 2. The van der Waals surface area contributed by atoms with Crippen molar-refractivity contribution in [2.45, 2.75) is 6.42 Å². The molecule has 0 bridgehead atoms. The Labute approximate surface area is 103 Å². The lowest BCUT2D eigenvalue weighted by Gasteiger charge is -2.02. The van der Waals surface area contributed by atoms with Gasteiger partial charge in [0.2, 0.25) is 0 Å². The molecule has 4 heteroatoms. The molecular weight excluding hydrogens is 241 g/mol. The van der Waals surface area contributed by atoms with Crippen LogP contribution in [0.2, 0.25) is 5.02 Å². The molecule has 0 unspecified atom stereocenters. The van der Waals surface area contributed by atoms with Crippen molar-refractivity contribution in [1.82, 2.24) is 4.98 Å². The Hall–Kier alpha value is -1.74. The molecule has 0 N–H and O–H groups in total. The van der Waals surface area contributed by atoms with Crippen LogP contribution in [0.3, 0.4) is 0 Å². The van der Waals surface area contributed by atoms with Crippen LogP contribution in [-0.2, 0) is 6.42 Å². The number of aromatic nitrogens is 1. The molecule has 0 aliphatic rings. The fraction of sp³-hybridized carbons (Fsp3) is 0.0769. The van der Waals surface area contributed by atoms with E-state index < -0.39 is 5.82 Å². The van der Waals surface area contributed by atoms with Gasteiger partial charge in [0.05, 0.1) is 11.8 Å². The highest BCUT2D eigenvalue weighted by molar-refractivity contribution is 6.30. The predicted octanol–water partition coefficient (Wildman–Crippen LogP) is 3.30. The van der Waals surface area contributed by atoms with E-state index in [1.807, 2.05) is 0 Å². The molecule has 0 amide bonds. The zero-order valence-corrected chi connectivity index (χ0v) is 9.62. The second-order valence-corrected chi connectivity index (χ2v) is 4.02. The zero-order valence-electron chi connectivity index (χ0n) is 8.86. The molecular formula is C13H9ClFNO.